The van der Waals surface area contributed by atoms with Gasteiger partial charge in [-0.15, -0.1) is 0 Å². The molecule has 1 fully saturated rings. The van der Waals surface area contributed by atoms with E-state index in [9.17, 15) is 9.59 Å². The Morgan fingerprint density at radius 3 is 2.75 bits per heavy atom. The van der Waals surface area contributed by atoms with E-state index >= 15 is 0 Å². The van der Waals surface area contributed by atoms with Crippen molar-refractivity contribution < 1.29 is 14.4 Å². The molecule has 1 aromatic carbocycles. The second kappa shape index (κ2) is 6.89. The summed E-state index contributed by atoms with van der Waals surface area (Å²) >= 11 is 0. The van der Waals surface area contributed by atoms with Gasteiger partial charge in [0.15, 0.2) is 5.78 Å². The zero-order valence-electron chi connectivity index (χ0n) is 11.2. The highest BCUT2D eigenvalue weighted by Crippen LogP contribution is 2.18. The number of Topliss-reactive ketones (excluding diaryl/α,β-unsaturated/α-hetero) is 2. The molecule has 104 valence electrons. The lowest BCUT2D eigenvalue weighted by atomic mass is 9.98. The first-order valence-corrected chi connectivity index (χ1v) is 6.76. The third kappa shape index (κ3) is 3.47. The number of rotatable bonds is 5. The largest absolute Gasteiger partial charge is 0.361 e. The lowest BCUT2D eigenvalue weighted by Crippen LogP contribution is -2.47. The summed E-state index contributed by atoms with van der Waals surface area (Å²) < 4.78 is 0. The van der Waals surface area contributed by atoms with Crippen molar-refractivity contribution in [3.05, 3.63) is 41.4 Å². The van der Waals surface area contributed by atoms with Gasteiger partial charge in [0.25, 0.3) is 5.78 Å². The molecule has 1 aliphatic heterocycles. The Bertz CT molecular complexity index is 535. The zero-order valence-corrected chi connectivity index (χ0v) is 11.2. The van der Waals surface area contributed by atoms with E-state index in [-0.39, 0.29) is 24.2 Å². The molecule has 1 atom stereocenters. The van der Waals surface area contributed by atoms with Crippen molar-refractivity contribution in [2.45, 2.75) is 25.3 Å². The zero-order chi connectivity index (χ0) is 14.4. The van der Waals surface area contributed by atoms with E-state index in [0.717, 1.165) is 19.1 Å². The molecule has 0 radical (unpaired) electrons. The third-order valence-corrected chi connectivity index (χ3v) is 3.57. The van der Waals surface area contributed by atoms with Gasteiger partial charge in [-0.2, -0.15) is 4.79 Å². The van der Waals surface area contributed by atoms with E-state index in [2.05, 4.69) is 4.79 Å². The first kappa shape index (κ1) is 14.3. The van der Waals surface area contributed by atoms with E-state index in [1.807, 2.05) is 23.1 Å². The molecule has 5 heteroatoms. The Balaban J connectivity index is 2.07. The second-order valence-corrected chi connectivity index (χ2v) is 4.92. The van der Waals surface area contributed by atoms with Gasteiger partial charge < -0.3 is 5.53 Å². The second-order valence-electron chi connectivity index (χ2n) is 4.92. The molecule has 0 spiro atoms. The average molecular weight is 271 g/mol. The molecule has 5 nitrogen and oxygen atoms in total. The van der Waals surface area contributed by atoms with Crippen molar-refractivity contribution in [1.29, 1.82) is 0 Å². The van der Waals surface area contributed by atoms with E-state index in [0.29, 0.717) is 18.5 Å². The number of benzene rings is 1. The Morgan fingerprint density at radius 1 is 1.30 bits per heavy atom. The first-order valence-electron chi connectivity index (χ1n) is 6.76. The van der Waals surface area contributed by atoms with Gasteiger partial charge in [-0.3, -0.25) is 14.5 Å². The standard InChI is InChI=1S/C15H17N3O2/c16-17-10-14(19)13-8-4-5-9-18(13)11-15(20)12-6-2-1-3-7-12/h1-3,6-7,10,13H,4-5,8-9,11H2/t13-/m0/s1. The fraction of sp³-hybridized carbons (Fsp3) is 0.400. The van der Waals surface area contributed by atoms with Crippen molar-refractivity contribution in [1.82, 2.24) is 4.90 Å². The number of piperidine rings is 1. The molecule has 0 bridgehead atoms. The first-order chi connectivity index (χ1) is 9.72. The summed E-state index contributed by atoms with van der Waals surface area (Å²) in [4.78, 5) is 28.7. The van der Waals surface area contributed by atoms with Gasteiger partial charge in [-0.1, -0.05) is 36.8 Å². The maximum Gasteiger partial charge on any atom is 0.324 e. The van der Waals surface area contributed by atoms with Crippen molar-refractivity contribution in [3.8, 4) is 0 Å². The molecule has 20 heavy (non-hydrogen) atoms. The van der Waals surface area contributed by atoms with Crippen LogP contribution in [0.4, 0.5) is 0 Å². The Labute approximate surface area is 117 Å². The molecule has 0 N–H and O–H groups in total. The minimum absolute atomic E-state index is 0.00578. The minimum Gasteiger partial charge on any atom is -0.361 e. The Morgan fingerprint density at radius 2 is 2.05 bits per heavy atom. The van der Waals surface area contributed by atoms with Gasteiger partial charge in [-0.25, -0.2) is 0 Å². The van der Waals surface area contributed by atoms with Gasteiger partial charge in [0, 0.05) is 5.56 Å². The van der Waals surface area contributed by atoms with Gasteiger partial charge in [0.05, 0.1) is 12.6 Å². The van der Waals surface area contributed by atoms with Crippen molar-refractivity contribution in [2.75, 3.05) is 13.1 Å². The normalized spacial score (nSPS) is 19.1. The van der Waals surface area contributed by atoms with Gasteiger partial charge in [0.1, 0.15) is 0 Å². The van der Waals surface area contributed by atoms with Crippen LogP contribution in [0.15, 0.2) is 30.3 Å². The highest BCUT2D eigenvalue weighted by Gasteiger charge is 2.30. The maximum absolute atomic E-state index is 12.2. The SMILES string of the molecule is [N-]=[N+]=CC(=O)[C@@H]1CCCCN1CC(=O)c1ccccc1. The van der Waals surface area contributed by atoms with Crippen LogP contribution in [0.1, 0.15) is 29.6 Å². The van der Waals surface area contributed by atoms with Crippen LogP contribution in [0.3, 0.4) is 0 Å². The quantitative estimate of drug-likeness (QED) is 0.353. The molecule has 0 unspecified atom stereocenters. The predicted molar refractivity (Wildman–Crippen MR) is 74.7 cm³/mol. The van der Waals surface area contributed by atoms with Gasteiger partial charge >= 0.3 is 6.21 Å². The number of carbonyl (C=O) groups is 2. The maximum atomic E-state index is 12.2. The van der Waals surface area contributed by atoms with Crippen molar-refractivity contribution in [2.24, 2.45) is 0 Å². The highest BCUT2D eigenvalue weighted by molar-refractivity contribution is 6.27. The van der Waals surface area contributed by atoms with E-state index in [4.69, 9.17) is 5.53 Å². The van der Waals surface area contributed by atoms with Crippen LogP contribution < -0.4 is 0 Å². The third-order valence-electron chi connectivity index (χ3n) is 3.57. The Kier molecular flexibility index (Phi) is 4.93. The fourth-order valence-electron chi connectivity index (χ4n) is 2.55. The van der Waals surface area contributed by atoms with E-state index in [1.54, 1.807) is 12.1 Å². The lowest BCUT2D eigenvalue weighted by molar-refractivity contribution is -0.121. The average Bonchev–Trinajstić information content (AvgIpc) is 2.49. The van der Waals surface area contributed by atoms with Crippen molar-refractivity contribution >= 4 is 17.8 Å². The van der Waals surface area contributed by atoms with E-state index in [1.165, 1.54) is 0 Å². The van der Waals surface area contributed by atoms with Crippen molar-refractivity contribution in [3.63, 3.8) is 0 Å². The minimum atomic E-state index is -0.354. The van der Waals surface area contributed by atoms with Crippen LogP contribution in [0.25, 0.3) is 5.53 Å². The van der Waals surface area contributed by atoms with Gasteiger partial charge in [-0.05, 0) is 19.4 Å². The Hall–Kier alpha value is -2.10. The number of likely N-dealkylation sites (tertiary alicyclic amines) is 1. The monoisotopic (exact) mass is 271 g/mol. The molecule has 1 aromatic rings. The van der Waals surface area contributed by atoms with Crippen LogP contribution in [-0.4, -0.2) is 46.6 Å². The summed E-state index contributed by atoms with van der Waals surface area (Å²) in [5.41, 5.74) is 9.13. The summed E-state index contributed by atoms with van der Waals surface area (Å²) in [6.07, 6.45) is 3.55. The highest BCUT2D eigenvalue weighted by atomic mass is 16.1. The molecular formula is C15H17N3O2. The number of hydrogen-bond acceptors (Lipinski definition) is 3. The summed E-state index contributed by atoms with van der Waals surface area (Å²) in [5.74, 6) is -0.237. The molecule has 1 heterocycles. The fourth-order valence-corrected chi connectivity index (χ4v) is 2.55. The number of ketones is 2. The van der Waals surface area contributed by atoms with Crippen LogP contribution in [-0.2, 0) is 4.79 Å². The van der Waals surface area contributed by atoms with Gasteiger partial charge in [0.2, 0.25) is 0 Å². The molecular weight excluding hydrogens is 254 g/mol. The molecule has 0 aromatic heterocycles. The molecule has 0 aliphatic carbocycles. The van der Waals surface area contributed by atoms with E-state index < -0.39 is 0 Å². The number of nitrogens with zero attached hydrogens (tertiary/aromatic N) is 3. The summed E-state index contributed by atoms with van der Waals surface area (Å²) in [7, 11) is 0. The lowest BCUT2D eigenvalue weighted by Gasteiger charge is -2.32. The summed E-state index contributed by atoms with van der Waals surface area (Å²) in [5, 5.41) is 0. The summed E-state index contributed by atoms with van der Waals surface area (Å²) in [6.45, 7) is 0.938. The molecule has 1 aliphatic rings. The summed E-state index contributed by atoms with van der Waals surface area (Å²) in [6, 6.07) is 8.71. The molecule has 0 amide bonds. The van der Waals surface area contributed by atoms with Crippen LogP contribution in [0.5, 0.6) is 0 Å². The van der Waals surface area contributed by atoms with Crippen LogP contribution in [0.2, 0.25) is 0 Å². The topological polar surface area (TPSA) is 73.8 Å². The number of hydrogen-bond donors (Lipinski definition) is 0. The molecule has 2 rings (SSSR count). The smallest absolute Gasteiger partial charge is 0.324 e. The predicted octanol–water partition coefficient (Wildman–Crippen LogP) is 1.59. The van der Waals surface area contributed by atoms with Crippen LogP contribution in [0, 0.1) is 0 Å². The molecule has 1 saturated heterocycles. The number of carbonyl (C=O) groups excluding carboxylic acids is 2. The molecule has 0 saturated carbocycles. The van der Waals surface area contributed by atoms with Crippen LogP contribution >= 0.6 is 0 Å².